The molecule has 4 rings (SSSR count). The number of amides is 1. The van der Waals surface area contributed by atoms with Gasteiger partial charge in [-0.2, -0.15) is 0 Å². The van der Waals surface area contributed by atoms with Crippen molar-refractivity contribution in [2.45, 2.75) is 33.7 Å². The summed E-state index contributed by atoms with van der Waals surface area (Å²) >= 11 is 3.05. The highest BCUT2D eigenvalue weighted by Gasteiger charge is 2.23. The van der Waals surface area contributed by atoms with Crippen LogP contribution in [0.3, 0.4) is 0 Å². The molecule has 0 spiro atoms. The number of hydrogen-bond acceptors (Lipinski definition) is 8. The van der Waals surface area contributed by atoms with Crippen molar-refractivity contribution in [1.82, 2.24) is 14.9 Å². The molecule has 0 atom stereocenters. The summed E-state index contributed by atoms with van der Waals surface area (Å²) in [5.41, 5.74) is 2.02. The number of rotatable bonds is 5. The minimum absolute atomic E-state index is 0.0322. The van der Waals surface area contributed by atoms with E-state index in [-0.39, 0.29) is 18.4 Å². The van der Waals surface area contributed by atoms with Crippen LogP contribution in [0.2, 0.25) is 0 Å². The van der Waals surface area contributed by atoms with E-state index < -0.39 is 0 Å². The third-order valence-corrected chi connectivity index (χ3v) is 7.12. The summed E-state index contributed by atoms with van der Waals surface area (Å²) in [6, 6.07) is 2.09. The van der Waals surface area contributed by atoms with E-state index in [2.05, 4.69) is 26.7 Å². The second-order valence-corrected chi connectivity index (χ2v) is 8.86. The molecule has 1 aliphatic heterocycles. The number of anilines is 1. The number of nitrogens with one attached hydrogen (secondary N) is 1. The minimum Gasteiger partial charge on any atom is -0.462 e. The molecule has 0 fully saturated rings. The maximum atomic E-state index is 12.8. The molecular formula is C20H22N4O3S2. The normalized spacial score (nSPS) is 13.4. The Bertz CT molecular complexity index is 1090. The zero-order valence-corrected chi connectivity index (χ0v) is 18.2. The molecule has 3 aromatic rings. The average Bonchev–Trinajstić information content (AvgIpc) is 3.29. The van der Waals surface area contributed by atoms with Crippen LogP contribution in [0.4, 0.5) is 5.82 Å². The van der Waals surface area contributed by atoms with Crippen LogP contribution in [0.1, 0.15) is 38.4 Å². The van der Waals surface area contributed by atoms with Gasteiger partial charge in [0.2, 0.25) is 5.91 Å². The fourth-order valence-corrected chi connectivity index (χ4v) is 5.51. The summed E-state index contributed by atoms with van der Waals surface area (Å²) < 4.78 is 5.15. The number of nitrogens with zero attached hydrogens (tertiary/aromatic N) is 3. The Morgan fingerprint density at radius 2 is 2.14 bits per heavy atom. The lowest BCUT2D eigenvalue weighted by Crippen LogP contribution is -2.38. The van der Waals surface area contributed by atoms with Gasteiger partial charge in [-0.25, -0.2) is 14.8 Å². The van der Waals surface area contributed by atoms with E-state index in [0.29, 0.717) is 34.5 Å². The molecule has 7 nitrogen and oxygen atoms in total. The van der Waals surface area contributed by atoms with Gasteiger partial charge < -0.3 is 15.0 Å². The Balaban J connectivity index is 1.54. The first-order valence-electron chi connectivity index (χ1n) is 9.49. The number of aromatic nitrogens is 2. The third kappa shape index (κ3) is 3.84. The van der Waals surface area contributed by atoms with Crippen molar-refractivity contribution in [3.63, 3.8) is 0 Å². The van der Waals surface area contributed by atoms with Crippen LogP contribution < -0.4 is 5.32 Å². The molecular weight excluding hydrogens is 408 g/mol. The number of ether oxygens (including phenoxy) is 1. The van der Waals surface area contributed by atoms with Crippen molar-refractivity contribution in [3.8, 4) is 0 Å². The van der Waals surface area contributed by atoms with E-state index in [1.54, 1.807) is 25.2 Å². The number of hydrogen-bond donors (Lipinski definition) is 1. The van der Waals surface area contributed by atoms with E-state index in [4.69, 9.17) is 4.74 Å². The monoisotopic (exact) mass is 430 g/mol. The Hall–Kier alpha value is -2.52. The number of carbonyl (C=O) groups is 2. The summed E-state index contributed by atoms with van der Waals surface area (Å²) in [6.45, 7) is 7.29. The Kier molecular flexibility index (Phi) is 5.51. The zero-order valence-electron chi connectivity index (χ0n) is 16.6. The molecule has 1 amide bonds. The summed E-state index contributed by atoms with van der Waals surface area (Å²) in [7, 11) is 0. The summed E-state index contributed by atoms with van der Waals surface area (Å²) in [4.78, 5) is 38.4. The fraction of sp³-hybridized carbons (Fsp3) is 0.400. The van der Waals surface area contributed by atoms with E-state index in [9.17, 15) is 9.59 Å². The number of esters is 1. The van der Waals surface area contributed by atoms with Gasteiger partial charge in [-0.15, -0.1) is 22.7 Å². The van der Waals surface area contributed by atoms with Gasteiger partial charge in [0.15, 0.2) is 0 Å². The number of aryl methyl sites for hydroxylation is 2. The van der Waals surface area contributed by atoms with E-state index >= 15 is 0 Å². The second kappa shape index (κ2) is 8.08. The average molecular weight is 431 g/mol. The highest BCUT2D eigenvalue weighted by Crippen LogP contribution is 2.34. The van der Waals surface area contributed by atoms with Crippen molar-refractivity contribution in [2.75, 3.05) is 25.0 Å². The van der Waals surface area contributed by atoms with Gasteiger partial charge in [0, 0.05) is 18.0 Å². The molecule has 0 aliphatic carbocycles. The first-order chi connectivity index (χ1) is 14.0. The first kappa shape index (κ1) is 19.8. The van der Waals surface area contributed by atoms with Crippen molar-refractivity contribution >= 4 is 50.6 Å². The number of carbonyl (C=O) groups excluding carboxylic acids is 2. The van der Waals surface area contributed by atoms with Crippen molar-refractivity contribution in [1.29, 1.82) is 0 Å². The van der Waals surface area contributed by atoms with Gasteiger partial charge in [0.25, 0.3) is 0 Å². The smallest absolute Gasteiger partial charge is 0.348 e. The quantitative estimate of drug-likeness (QED) is 0.623. The number of thiophene rings is 2. The van der Waals surface area contributed by atoms with Gasteiger partial charge >= 0.3 is 5.97 Å². The standard InChI is InChI=1S/C20H22N4O3S2/c1-4-27-20(26)17-11(2)16-18(22-12(3)23-19(16)29-17)21-9-15(25)24-7-5-14-13(10-24)6-8-28-14/h6,8H,4-5,7,9-10H2,1-3H3,(H,21,22,23). The highest BCUT2D eigenvalue weighted by molar-refractivity contribution is 7.20. The molecule has 0 bridgehead atoms. The van der Waals surface area contributed by atoms with Crippen LogP contribution in [-0.4, -0.2) is 46.4 Å². The molecule has 0 unspecified atom stereocenters. The molecule has 0 saturated carbocycles. The van der Waals surface area contributed by atoms with Crippen LogP contribution >= 0.6 is 22.7 Å². The molecule has 0 saturated heterocycles. The second-order valence-electron chi connectivity index (χ2n) is 6.86. The van der Waals surface area contributed by atoms with E-state index in [1.165, 1.54) is 21.8 Å². The van der Waals surface area contributed by atoms with Crippen LogP contribution in [0.5, 0.6) is 0 Å². The van der Waals surface area contributed by atoms with Gasteiger partial charge in [-0.05, 0) is 49.8 Å². The predicted octanol–water partition coefficient (Wildman–Crippen LogP) is 3.54. The summed E-state index contributed by atoms with van der Waals surface area (Å²) in [5, 5.41) is 6.04. The molecule has 1 N–H and O–H groups in total. The fourth-order valence-electron chi connectivity index (χ4n) is 3.50. The van der Waals surface area contributed by atoms with Gasteiger partial charge in [-0.3, -0.25) is 4.79 Å². The van der Waals surface area contributed by atoms with Gasteiger partial charge in [0.1, 0.15) is 21.3 Å². The third-order valence-electron chi connectivity index (χ3n) is 4.93. The van der Waals surface area contributed by atoms with Crippen LogP contribution in [0, 0.1) is 13.8 Å². The molecule has 0 aromatic carbocycles. The Morgan fingerprint density at radius 3 is 2.93 bits per heavy atom. The SMILES string of the molecule is CCOC(=O)c1sc2nc(C)nc(NCC(=O)N3CCc4sccc4C3)c2c1C. The van der Waals surface area contributed by atoms with Gasteiger partial charge in [-0.1, -0.05) is 0 Å². The maximum absolute atomic E-state index is 12.8. The highest BCUT2D eigenvalue weighted by atomic mass is 32.1. The predicted molar refractivity (Wildman–Crippen MR) is 115 cm³/mol. The molecule has 4 heterocycles. The summed E-state index contributed by atoms with van der Waals surface area (Å²) in [6.07, 6.45) is 0.905. The number of fused-ring (bicyclic) bond motifs is 2. The maximum Gasteiger partial charge on any atom is 0.348 e. The lowest BCUT2D eigenvalue weighted by molar-refractivity contribution is -0.130. The molecule has 9 heteroatoms. The lowest BCUT2D eigenvalue weighted by Gasteiger charge is -2.27. The van der Waals surface area contributed by atoms with Crippen molar-refractivity contribution in [3.05, 3.63) is 38.2 Å². The summed E-state index contributed by atoms with van der Waals surface area (Å²) in [5.74, 6) is 0.848. The molecule has 3 aromatic heterocycles. The van der Waals surface area contributed by atoms with Gasteiger partial charge in [0.05, 0.1) is 18.5 Å². The Morgan fingerprint density at radius 1 is 1.31 bits per heavy atom. The van der Waals surface area contributed by atoms with Crippen molar-refractivity contribution in [2.24, 2.45) is 0 Å². The molecule has 152 valence electrons. The van der Waals surface area contributed by atoms with Crippen LogP contribution in [0.15, 0.2) is 11.4 Å². The molecule has 29 heavy (non-hydrogen) atoms. The Labute approximate surface area is 176 Å². The molecule has 1 aliphatic rings. The van der Waals surface area contributed by atoms with Crippen LogP contribution in [0.25, 0.3) is 10.2 Å². The largest absolute Gasteiger partial charge is 0.462 e. The minimum atomic E-state index is -0.354. The van der Waals surface area contributed by atoms with Crippen molar-refractivity contribution < 1.29 is 14.3 Å². The molecule has 0 radical (unpaired) electrons. The zero-order chi connectivity index (χ0) is 20.5. The van der Waals surface area contributed by atoms with E-state index in [1.807, 2.05) is 11.8 Å². The topological polar surface area (TPSA) is 84.4 Å². The van der Waals surface area contributed by atoms with E-state index in [0.717, 1.165) is 23.9 Å². The van der Waals surface area contributed by atoms with Crippen LogP contribution in [-0.2, 0) is 22.5 Å². The first-order valence-corrected chi connectivity index (χ1v) is 11.2. The lowest BCUT2D eigenvalue weighted by atomic mass is 10.1.